The molecule has 0 spiro atoms. The largest absolute Gasteiger partial charge is 0.497 e. The Bertz CT molecular complexity index is 712. The van der Waals surface area contributed by atoms with Crippen LogP contribution in [0.4, 0.5) is 5.69 Å². The first-order chi connectivity index (χ1) is 12.5. The Hall–Kier alpha value is -2.82. The number of amides is 2. The number of rotatable bonds is 8. The van der Waals surface area contributed by atoms with Crippen molar-refractivity contribution in [2.45, 2.75) is 32.7 Å². The molecule has 0 aliphatic heterocycles. The van der Waals surface area contributed by atoms with E-state index in [4.69, 9.17) is 4.74 Å². The van der Waals surface area contributed by atoms with E-state index in [1.807, 2.05) is 44.2 Å². The Kier molecular flexibility index (Phi) is 7.21. The zero-order chi connectivity index (χ0) is 18.9. The number of para-hydroxylation sites is 1. The molecule has 0 saturated carbocycles. The third kappa shape index (κ3) is 5.34. The van der Waals surface area contributed by atoms with Gasteiger partial charge in [0.2, 0.25) is 5.91 Å². The fourth-order valence-electron chi connectivity index (χ4n) is 2.73. The number of nitrogens with one attached hydrogen (secondary N) is 1. The summed E-state index contributed by atoms with van der Waals surface area (Å²) in [5, 5.41) is 2.85. The van der Waals surface area contributed by atoms with Crippen molar-refractivity contribution in [1.29, 1.82) is 0 Å². The van der Waals surface area contributed by atoms with Crippen LogP contribution < -0.4 is 15.0 Å². The predicted octanol–water partition coefficient (Wildman–Crippen LogP) is 3.65. The van der Waals surface area contributed by atoms with Crippen LogP contribution in [-0.4, -0.2) is 31.5 Å². The smallest absolute Gasteiger partial charge is 0.251 e. The van der Waals surface area contributed by atoms with Gasteiger partial charge in [0.25, 0.3) is 5.91 Å². The van der Waals surface area contributed by atoms with E-state index in [-0.39, 0.29) is 17.9 Å². The van der Waals surface area contributed by atoms with Gasteiger partial charge in [-0.25, -0.2) is 0 Å². The summed E-state index contributed by atoms with van der Waals surface area (Å²) < 4.78 is 5.08. The van der Waals surface area contributed by atoms with Crippen LogP contribution in [0.1, 0.15) is 37.0 Å². The van der Waals surface area contributed by atoms with Gasteiger partial charge in [0.1, 0.15) is 5.75 Å². The molecule has 0 bridgehead atoms. The molecule has 0 radical (unpaired) electrons. The molecule has 26 heavy (non-hydrogen) atoms. The second kappa shape index (κ2) is 9.61. The lowest BCUT2D eigenvalue weighted by Crippen LogP contribution is -2.37. The highest BCUT2D eigenvalue weighted by Crippen LogP contribution is 2.18. The first kappa shape index (κ1) is 19.5. The lowest BCUT2D eigenvalue weighted by Gasteiger charge is -2.27. The Morgan fingerprint density at radius 2 is 1.69 bits per heavy atom. The highest BCUT2D eigenvalue weighted by atomic mass is 16.5. The number of nitrogens with zero attached hydrogens (tertiary/aromatic N) is 1. The van der Waals surface area contributed by atoms with Crippen LogP contribution in [0, 0.1) is 0 Å². The minimum atomic E-state index is -0.149. The third-order valence-electron chi connectivity index (χ3n) is 4.02. The van der Waals surface area contributed by atoms with E-state index in [1.165, 1.54) is 0 Å². The van der Waals surface area contributed by atoms with E-state index >= 15 is 0 Å². The van der Waals surface area contributed by atoms with E-state index < -0.39 is 0 Å². The summed E-state index contributed by atoms with van der Waals surface area (Å²) in [6.07, 6.45) is 0.979. The third-order valence-corrected chi connectivity index (χ3v) is 4.02. The minimum Gasteiger partial charge on any atom is -0.497 e. The zero-order valence-corrected chi connectivity index (χ0v) is 15.6. The molecule has 0 atom stereocenters. The minimum absolute atomic E-state index is 0.0601. The number of carbonyl (C=O) groups excluding carboxylic acids is 2. The van der Waals surface area contributed by atoms with Gasteiger partial charge >= 0.3 is 0 Å². The number of methoxy groups -OCH3 is 1. The van der Waals surface area contributed by atoms with Gasteiger partial charge in [0, 0.05) is 30.3 Å². The topological polar surface area (TPSA) is 58.6 Å². The molecule has 0 saturated heterocycles. The van der Waals surface area contributed by atoms with Crippen molar-refractivity contribution < 1.29 is 14.3 Å². The predicted molar refractivity (Wildman–Crippen MR) is 104 cm³/mol. The van der Waals surface area contributed by atoms with Gasteiger partial charge in [0.05, 0.1) is 7.11 Å². The van der Waals surface area contributed by atoms with Crippen LogP contribution in [0.25, 0.3) is 0 Å². The second-order valence-corrected chi connectivity index (χ2v) is 6.28. The van der Waals surface area contributed by atoms with Gasteiger partial charge in [-0.1, -0.05) is 18.2 Å². The second-order valence-electron chi connectivity index (χ2n) is 6.28. The van der Waals surface area contributed by atoms with Crippen molar-refractivity contribution in [2.24, 2.45) is 0 Å². The van der Waals surface area contributed by atoms with E-state index in [1.54, 1.807) is 36.3 Å². The normalized spacial score (nSPS) is 10.5. The summed E-state index contributed by atoms with van der Waals surface area (Å²) in [6, 6.07) is 16.7. The summed E-state index contributed by atoms with van der Waals surface area (Å²) >= 11 is 0. The molecule has 2 amide bonds. The number of anilines is 1. The highest BCUT2D eigenvalue weighted by molar-refractivity contribution is 5.95. The molecule has 0 aliphatic rings. The molecule has 138 valence electrons. The number of ether oxygens (including phenoxy) is 1. The maximum atomic E-state index is 12.6. The van der Waals surface area contributed by atoms with Crippen molar-refractivity contribution in [1.82, 2.24) is 5.32 Å². The Morgan fingerprint density at radius 3 is 2.27 bits per heavy atom. The molecule has 0 heterocycles. The van der Waals surface area contributed by atoms with Gasteiger partial charge in [-0.15, -0.1) is 0 Å². The van der Waals surface area contributed by atoms with Crippen molar-refractivity contribution in [2.75, 3.05) is 18.6 Å². The number of carbonyl (C=O) groups is 2. The molecule has 0 aliphatic carbocycles. The van der Waals surface area contributed by atoms with Crippen LogP contribution in [0.15, 0.2) is 54.6 Å². The maximum absolute atomic E-state index is 12.6. The van der Waals surface area contributed by atoms with Crippen LogP contribution in [0.5, 0.6) is 5.75 Å². The molecule has 1 N–H and O–H groups in total. The van der Waals surface area contributed by atoms with E-state index in [2.05, 4.69) is 5.32 Å². The molecule has 2 rings (SSSR count). The van der Waals surface area contributed by atoms with Crippen molar-refractivity contribution in [3.63, 3.8) is 0 Å². The standard InChI is InChI=1S/C21H26N2O3/c1-16(2)23(18-8-5-4-6-9-18)20(24)10-7-15-22-21(25)17-11-13-19(26-3)14-12-17/h4-6,8-9,11-14,16H,7,10,15H2,1-3H3,(H,22,25). The Balaban J connectivity index is 1.82. The van der Waals surface area contributed by atoms with Crippen molar-refractivity contribution in [3.8, 4) is 5.75 Å². The van der Waals surface area contributed by atoms with Gasteiger partial charge in [-0.2, -0.15) is 0 Å². The lowest BCUT2D eigenvalue weighted by molar-refractivity contribution is -0.119. The molecular formula is C21H26N2O3. The lowest BCUT2D eigenvalue weighted by atomic mass is 10.2. The van der Waals surface area contributed by atoms with Crippen LogP contribution in [0.2, 0.25) is 0 Å². The zero-order valence-electron chi connectivity index (χ0n) is 15.6. The molecule has 0 aromatic heterocycles. The number of hydrogen-bond donors (Lipinski definition) is 1. The number of benzene rings is 2. The SMILES string of the molecule is COc1ccc(C(=O)NCCCC(=O)N(c2ccccc2)C(C)C)cc1. The molecule has 0 unspecified atom stereocenters. The van der Waals surface area contributed by atoms with Crippen molar-refractivity contribution >= 4 is 17.5 Å². The molecule has 5 nitrogen and oxygen atoms in total. The van der Waals surface area contributed by atoms with Gasteiger partial charge in [-0.3, -0.25) is 9.59 Å². The van der Waals surface area contributed by atoms with Crippen LogP contribution in [-0.2, 0) is 4.79 Å². The average molecular weight is 354 g/mol. The van der Waals surface area contributed by atoms with Crippen LogP contribution >= 0.6 is 0 Å². The maximum Gasteiger partial charge on any atom is 0.251 e. The average Bonchev–Trinajstić information content (AvgIpc) is 2.66. The summed E-state index contributed by atoms with van der Waals surface area (Å²) in [6.45, 7) is 4.45. The molecular weight excluding hydrogens is 328 g/mol. The van der Waals surface area contributed by atoms with Crippen molar-refractivity contribution in [3.05, 3.63) is 60.2 Å². The molecule has 2 aromatic rings. The summed E-state index contributed by atoms with van der Waals surface area (Å²) in [5.74, 6) is 0.621. The van der Waals surface area contributed by atoms with Gasteiger partial charge < -0.3 is 15.0 Å². The first-order valence-electron chi connectivity index (χ1n) is 8.82. The van der Waals surface area contributed by atoms with E-state index in [0.29, 0.717) is 30.7 Å². The van der Waals surface area contributed by atoms with Crippen LogP contribution in [0.3, 0.4) is 0 Å². The number of hydrogen-bond acceptors (Lipinski definition) is 3. The molecule has 2 aromatic carbocycles. The first-order valence-corrected chi connectivity index (χ1v) is 8.82. The van der Waals surface area contributed by atoms with E-state index in [0.717, 1.165) is 5.69 Å². The highest BCUT2D eigenvalue weighted by Gasteiger charge is 2.18. The Labute approximate surface area is 155 Å². The fourth-order valence-corrected chi connectivity index (χ4v) is 2.73. The van der Waals surface area contributed by atoms with Gasteiger partial charge in [0.15, 0.2) is 0 Å². The van der Waals surface area contributed by atoms with Gasteiger partial charge in [-0.05, 0) is 56.7 Å². The monoisotopic (exact) mass is 354 g/mol. The quantitative estimate of drug-likeness (QED) is 0.736. The Morgan fingerprint density at radius 1 is 1.04 bits per heavy atom. The summed E-state index contributed by atoms with van der Waals surface area (Å²) in [4.78, 5) is 26.5. The summed E-state index contributed by atoms with van der Waals surface area (Å²) in [5.41, 5.74) is 1.47. The fraction of sp³-hybridized carbons (Fsp3) is 0.333. The molecule has 5 heteroatoms. The van der Waals surface area contributed by atoms with E-state index in [9.17, 15) is 9.59 Å². The molecule has 0 fully saturated rings. The summed E-state index contributed by atoms with van der Waals surface area (Å²) in [7, 11) is 1.59.